The van der Waals surface area contributed by atoms with E-state index in [1.165, 1.54) is 14.2 Å². The summed E-state index contributed by atoms with van der Waals surface area (Å²) >= 11 is 6.46. The number of carboxylic acid groups (broad SMARTS) is 1. The maximum atomic E-state index is 14.2. The van der Waals surface area contributed by atoms with Crippen LogP contribution < -0.4 is 14.4 Å². The molecule has 4 rings (SSSR count). The van der Waals surface area contributed by atoms with Crippen molar-refractivity contribution in [2.75, 3.05) is 32.3 Å². The number of amides is 1. The smallest absolute Gasteiger partial charge is 1.00 e. The maximum Gasteiger partial charge on any atom is 2.00 e. The summed E-state index contributed by atoms with van der Waals surface area (Å²) in [6.45, 7) is 5.39. The number of methoxy groups -OCH3 is 2. The number of ether oxygens (including phenoxy) is 3. The number of carbonyl (C=O) groups is 2. The number of aryl methyl sites for hydroxylation is 1. The number of hydrogen-bond acceptors (Lipinski definition) is 8. The zero-order valence-electron chi connectivity index (χ0n) is 25.8. The van der Waals surface area contributed by atoms with Gasteiger partial charge in [-0.2, -0.15) is 0 Å². The summed E-state index contributed by atoms with van der Waals surface area (Å²) in [7, 11) is 3.06. The molecule has 2 atom stereocenters. The molecule has 1 aliphatic heterocycles. The van der Waals surface area contributed by atoms with E-state index < -0.39 is 23.6 Å². The minimum absolute atomic E-state index is 0. The number of anilines is 1. The molecule has 1 amide bonds. The zero-order chi connectivity index (χ0) is 29.2. The number of carbonyl (C=O) groups excluding carboxylic acids is 1. The Labute approximate surface area is 276 Å². The Kier molecular flexibility index (Phi) is 11.1. The van der Waals surface area contributed by atoms with E-state index in [9.17, 15) is 19.8 Å². The standard InChI is InChI=1S/C29H33ClN2O8.Ca.2H/c1-16-22(13-25(34)35)39-24(31-16)12-23-28(36)32(14-29(2,3)15-33)20-10-9-17(30)11-19(20)26(40-23)18-7-6-8-21(37-4)27(18)38-5;;;/h6-11,23,26,33H,12-15H2,1-5H3,(H,34,35);;;/q;+2;2*-1/t23-,26-;;;/m1.../s1. The molecule has 0 aliphatic carbocycles. The molecule has 218 valence electrons. The molecule has 0 unspecified atom stereocenters. The van der Waals surface area contributed by atoms with E-state index >= 15 is 0 Å². The van der Waals surface area contributed by atoms with Crippen LogP contribution in [0.1, 0.15) is 51.3 Å². The Balaban J connectivity index is 0.00000308. The second kappa shape index (κ2) is 13.8. The molecule has 2 N–H and O–H groups in total. The number of benzene rings is 2. The predicted octanol–water partition coefficient (Wildman–Crippen LogP) is 4.21. The van der Waals surface area contributed by atoms with E-state index in [1.54, 1.807) is 42.2 Å². The Morgan fingerprint density at radius 1 is 1.20 bits per heavy atom. The predicted molar refractivity (Wildman–Crippen MR) is 155 cm³/mol. The zero-order valence-corrected chi connectivity index (χ0v) is 26.7. The first-order valence-corrected chi connectivity index (χ1v) is 13.1. The Bertz CT molecular complexity index is 1420. The van der Waals surface area contributed by atoms with Crippen molar-refractivity contribution in [3.05, 3.63) is 69.9 Å². The molecule has 0 radical (unpaired) electrons. The molecule has 10 nitrogen and oxygen atoms in total. The van der Waals surface area contributed by atoms with E-state index in [0.29, 0.717) is 39.0 Å². The maximum absolute atomic E-state index is 14.2. The number of oxazole rings is 1. The molecule has 0 saturated heterocycles. The van der Waals surface area contributed by atoms with E-state index in [2.05, 4.69) is 4.98 Å². The van der Waals surface area contributed by atoms with Gasteiger partial charge in [0.25, 0.3) is 5.91 Å². The van der Waals surface area contributed by atoms with Crippen LogP contribution in [0.25, 0.3) is 0 Å². The van der Waals surface area contributed by atoms with Crippen LogP contribution in [0.5, 0.6) is 11.5 Å². The Morgan fingerprint density at radius 3 is 2.56 bits per heavy atom. The number of halogens is 1. The van der Waals surface area contributed by atoms with Crippen LogP contribution >= 0.6 is 11.6 Å². The van der Waals surface area contributed by atoms with Gasteiger partial charge < -0.3 is 36.6 Å². The van der Waals surface area contributed by atoms with Crippen molar-refractivity contribution >= 4 is 66.9 Å². The molecule has 0 fully saturated rings. The van der Waals surface area contributed by atoms with Crippen molar-refractivity contribution in [3.8, 4) is 11.5 Å². The molecular formula is C29H35CaClN2O8. The normalized spacial score (nSPS) is 17.0. The van der Waals surface area contributed by atoms with Crippen LogP contribution in [0, 0.1) is 12.3 Å². The Morgan fingerprint density at radius 2 is 1.93 bits per heavy atom. The van der Waals surface area contributed by atoms with Gasteiger partial charge in [0.05, 0.1) is 26.3 Å². The van der Waals surface area contributed by atoms with Gasteiger partial charge in [-0.25, -0.2) is 4.98 Å². The number of aliphatic hydroxyl groups is 1. The summed E-state index contributed by atoms with van der Waals surface area (Å²) in [6.07, 6.45) is -2.29. The summed E-state index contributed by atoms with van der Waals surface area (Å²) < 4.78 is 23.6. The van der Waals surface area contributed by atoms with Crippen LogP contribution in [-0.2, 0) is 27.2 Å². The number of fused-ring (bicyclic) bond motifs is 1. The first-order valence-electron chi connectivity index (χ1n) is 12.7. The van der Waals surface area contributed by atoms with Gasteiger partial charge in [0.1, 0.15) is 24.4 Å². The van der Waals surface area contributed by atoms with Gasteiger partial charge in [0.15, 0.2) is 17.4 Å². The van der Waals surface area contributed by atoms with E-state index in [1.807, 2.05) is 19.9 Å². The largest absolute Gasteiger partial charge is 2.00 e. The third kappa shape index (κ3) is 7.36. The fraction of sp³-hybridized carbons (Fsp3) is 0.414. The van der Waals surface area contributed by atoms with Crippen molar-refractivity contribution in [3.63, 3.8) is 0 Å². The van der Waals surface area contributed by atoms with Crippen LogP contribution in [0.4, 0.5) is 5.69 Å². The topological polar surface area (TPSA) is 132 Å². The average Bonchev–Trinajstić information content (AvgIpc) is 3.21. The molecule has 12 heteroatoms. The summed E-state index contributed by atoms with van der Waals surface area (Å²) in [5.41, 5.74) is 1.60. The molecule has 3 aromatic rings. The van der Waals surface area contributed by atoms with Crippen molar-refractivity contribution in [1.29, 1.82) is 0 Å². The van der Waals surface area contributed by atoms with Gasteiger partial charge in [-0.05, 0) is 31.2 Å². The molecule has 41 heavy (non-hydrogen) atoms. The number of hydrogen-bond donors (Lipinski definition) is 2. The number of aliphatic hydroxyl groups excluding tert-OH is 1. The minimum Gasteiger partial charge on any atom is -1.00 e. The number of aliphatic carboxylic acids is 1. The molecule has 0 spiro atoms. The summed E-state index contributed by atoms with van der Waals surface area (Å²) in [5, 5.41) is 19.7. The molecule has 1 aliphatic rings. The van der Waals surface area contributed by atoms with Gasteiger partial charge >= 0.3 is 43.7 Å². The van der Waals surface area contributed by atoms with Gasteiger partial charge in [0, 0.05) is 40.4 Å². The summed E-state index contributed by atoms with van der Waals surface area (Å²) in [5.74, 6) is -0.115. The first kappa shape index (κ1) is 33.2. The number of carboxylic acids is 1. The summed E-state index contributed by atoms with van der Waals surface area (Å²) in [6, 6.07) is 10.6. The van der Waals surface area contributed by atoms with Gasteiger partial charge in [-0.15, -0.1) is 0 Å². The van der Waals surface area contributed by atoms with Crippen LogP contribution in [0.3, 0.4) is 0 Å². The van der Waals surface area contributed by atoms with Gasteiger partial charge in [-0.3, -0.25) is 9.59 Å². The fourth-order valence-electron chi connectivity index (χ4n) is 4.74. The third-order valence-corrected chi connectivity index (χ3v) is 6.98. The molecule has 2 aromatic carbocycles. The molecular weight excluding hydrogens is 580 g/mol. The number of para-hydroxylation sites is 1. The van der Waals surface area contributed by atoms with Gasteiger partial charge in [0.2, 0.25) is 0 Å². The fourth-order valence-corrected chi connectivity index (χ4v) is 4.92. The van der Waals surface area contributed by atoms with Gasteiger partial charge in [-0.1, -0.05) is 37.6 Å². The number of aromatic nitrogens is 1. The van der Waals surface area contributed by atoms with Crippen LogP contribution in [-0.4, -0.2) is 98.3 Å². The van der Waals surface area contributed by atoms with E-state index in [4.69, 9.17) is 30.2 Å². The average molecular weight is 615 g/mol. The monoisotopic (exact) mass is 614 g/mol. The molecule has 2 heterocycles. The SMILES string of the molecule is COc1cccc([C@H]2O[C@H](Cc3nc(C)c(CC(=O)O)o3)C(=O)N(CC(C)(C)CO)c3ccc(Cl)cc32)c1OC.[Ca+2].[H-].[H-]. The molecule has 0 saturated carbocycles. The quantitative estimate of drug-likeness (QED) is 0.322. The van der Waals surface area contributed by atoms with Crippen molar-refractivity contribution < 1.29 is 41.3 Å². The number of nitrogens with zero attached hydrogens (tertiary/aromatic N) is 2. The third-order valence-electron chi connectivity index (χ3n) is 6.74. The van der Waals surface area contributed by atoms with E-state index in [-0.39, 0.29) is 84.1 Å². The first-order chi connectivity index (χ1) is 19.0. The minimum atomic E-state index is -1.09. The number of rotatable bonds is 10. The van der Waals surface area contributed by atoms with Crippen LogP contribution in [0.15, 0.2) is 40.8 Å². The second-order valence-corrected chi connectivity index (χ2v) is 10.9. The molecule has 1 aromatic heterocycles. The van der Waals surface area contributed by atoms with Crippen molar-refractivity contribution in [2.24, 2.45) is 5.41 Å². The van der Waals surface area contributed by atoms with Crippen molar-refractivity contribution in [2.45, 2.75) is 45.8 Å². The second-order valence-electron chi connectivity index (χ2n) is 10.4. The van der Waals surface area contributed by atoms with E-state index in [0.717, 1.165) is 0 Å². The van der Waals surface area contributed by atoms with Crippen molar-refractivity contribution in [1.82, 2.24) is 4.98 Å². The summed E-state index contributed by atoms with van der Waals surface area (Å²) in [4.78, 5) is 31.4. The molecule has 0 bridgehead atoms. The van der Waals surface area contributed by atoms with Crippen LogP contribution in [0.2, 0.25) is 5.02 Å². The Hall–Kier alpha value is -2.34.